The molecule has 192 valence electrons. The first kappa shape index (κ1) is 26.6. The SMILES string of the molecule is N#CCCNCC(Cc1nc[nH]c(=O)c1O)c1ccc(C#Cc2ccc(CN3CC(CC#N)C3)cc2)cc1. The minimum Gasteiger partial charge on any atom is -0.502 e. The molecule has 3 aromatic rings. The Hall–Kier alpha value is -4.42. The van der Waals surface area contributed by atoms with Crippen LogP contribution in [0.25, 0.3) is 0 Å². The van der Waals surface area contributed by atoms with Gasteiger partial charge in [0.15, 0.2) is 0 Å². The highest BCUT2D eigenvalue weighted by Crippen LogP contribution is 2.23. The Morgan fingerprint density at radius 1 is 1.05 bits per heavy atom. The number of aromatic nitrogens is 2. The van der Waals surface area contributed by atoms with Crippen LogP contribution in [0.15, 0.2) is 59.7 Å². The summed E-state index contributed by atoms with van der Waals surface area (Å²) in [6.45, 7) is 4.01. The van der Waals surface area contributed by atoms with Crippen LogP contribution in [-0.2, 0) is 13.0 Å². The molecule has 0 spiro atoms. The summed E-state index contributed by atoms with van der Waals surface area (Å²) in [5, 5.41) is 31.0. The van der Waals surface area contributed by atoms with Crippen molar-refractivity contribution in [3.63, 3.8) is 0 Å². The number of hydrogen-bond donors (Lipinski definition) is 3. The van der Waals surface area contributed by atoms with E-state index in [2.05, 4.69) is 56.3 Å². The number of hydrogen-bond acceptors (Lipinski definition) is 7. The second-order valence-corrected chi connectivity index (χ2v) is 9.53. The Morgan fingerprint density at radius 3 is 2.39 bits per heavy atom. The van der Waals surface area contributed by atoms with Gasteiger partial charge in [0.1, 0.15) is 0 Å². The molecular formula is C30H30N6O2. The molecule has 38 heavy (non-hydrogen) atoms. The highest BCUT2D eigenvalue weighted by atomic mass is 16.3. The molecule has 0 aliphatic carbocycles. The maximum absolute atomic E-state index is 11.8. The van der Waals surface area contributed by atoms with E-state index in [1.807, 2.05) is 36.4 Å². The zero-order chi connectivity index (χ0) is 26.7. The van der Waals surface area contributed by atoms with Gasteiger partial charge in [0.2, 0.25) is 5.75 Å². The standard InChI is InChI=1S/C30H30N6O2/c31-13-1-15-33-17-27(16-28-29(37)30(38)35-21-34-28)26-10-8-23(9-11-26)3-2-22-4-6-24(7-5-22)18-36-19-25(20-36)12-14-32/h4-11,21,25,27,33,37H,1,12,15-20H2,(H,34,35,38). The number of aromatic hydroxyl groups is 1. The Labute approximate surface area is 222 Å². The van der Waals surface area contributed by atoms with Crippen molar-refractivity contribution in [2.45, 2.75) is 31.7 Å². The van der Waals surface area contributed by atoms with Gasteiger partial charge in [-0.05, 0) is 41.3 Å². The summed E-state index contributed by atoms with van der Waals surface area (Å²) in [5.74, 6) is 6.53. The lowest BCUT2D eigenvalue weighted by Gasteiger charge is -2.38. The molecule has 4 rings (SSSR count). The molecule has 8 heteroatoms. The Balaban J connectivity index is 1.39. The van der Waals surface area contributed by atoms with Crippen molar-refractivity contribution >= 4 is 0 Å². The maximum Gasteiger partial charge on any atom is 0.293 e. The number of nitrogens with zero attached hydrogens (tertiary/aromatic N) is 4. The first-order chi connectivity index (χ1) is 18.6. The number of likely N-dealkylation sites (tertiary alicyclic amines) is 1. The summed E-state index contributed by atoms with van der Waals surface area (Å²) in [4.78, 5) is 20.7. The van der Waals surface area contributed by atoms with Crippen LogP contribution in [0.2, 0.25) is 0 Å². The summed E-state index contributed by atoms with van der Waals surface area (Å²) < 4.78 is 0. The zero-order valence-corrected chi connectivity index (χ0v) is 21.2. The molecule has 0 saturated carbocycles. The number of benzene rings is 2. The van der Waals surface area contributed by atoms with Gasteiger partial charge in [0.25, 0.3) is 5.56 Å². The highest BCUT2D eigenvalue weighted by Gasteiger charge is 2.25. The van der Waals surface area contributed by atoms with Crippen LogP contribution in [0, 0.1) is 40.4 Å². The lowest BCUT2D eigenvalue weighted by atomic mass is 9.93. The highest BCUT2D eigenvalue weighted by molar-refractivity contribution is 5.44. The first-order valence-electron chi connectivity index (χ1n) is 12.7. The quantitative estimate of drug-likeness (QED) is 0.285. The zero-order valence-electron chi connectivity index (χ0n) is 21.2. The van der Waals surface area contributed by atoms with Crippen LogP contribution in [0.1, 0.15) is 46.7 Å². The molecule has 1 aliphatic rings. The van der Waals surface area contributed by atoms with Crippen LogP contribution in [0.5, 0.6) is 5.75 Å². The molecule has 8 nitrogen and oxygen atoms in total. The van der Waals surface area contributed by atoms with Gasteiger partial charge in [-0.15, -0.1) is 0 Å². The Bertz CT molecular complexity index is 1420. The van der Waals surface area contributed by atoms with Crippen LogP contribution in [0.4, 0.5) is 0 Å². The van der Waals surface area contributed by atoms with Crippen molar-refractivity contribution < 1.29 is 5.11 Å². The third-order valence-corrected chi connectivity index (χ3v) is 6.65. The van der Waals surface area contributed by atoms with E-state index in [9.17, 15) is 9.90 Å². The summed E-state index contributed by atoms with van der Waals surface area (Å²) in [6.07, 6.45) is 2.71. The largest absolute Gasteiger partial charge is 0.502 e. The average Bonchev–Trinajstić information content (AvgIpc) is 2.91. The van der Waals surface area contributed by atoms with Gasteiger partial charge >= 0.3 is 0 Å². The van der Waals surface area contributed by atoms with Gasteiger partial charge in [0.05, 0.1) is 24.2 Å². The molecule has 0 radical (unpaired) electrons. The van der Waals surface area contributed by atoms with Crippen LogP contribution >= 0.6 is 0 Å². The van der Waals surface area contributed by atoms with Crippen molar-refractivity contribution in [3.05, 3.63) is 93.2 Å². The van der Waals surface area contributed by atoms with Gasteiger partial charge in [-0.2, -0.15) is 10.5 Å². The number of H-pyrrole nitrogens is 1. The monoisotopic (exact) mass is 506 g/mol. The molecule has 1 unspecified atom stereocenters. The van der Waals surface area contributed by atoms with Crippen molar-refractivity contribution in [1.82, 2.24) is 20.2 Å². The minimum atomic E-state index is -0.561. The average molecular weight is 507 g/mol. The predicted molar refractivity (Wildman–Crippen MR) is 144 cm³/mol. The lowest BCUT2D eigenvalue weighted by Crippen LogP contribution is -2.45. The molecule has 1 aliphatic heterocycles. The summed E-state index contributed by atoms with van der Waals surface area (Å²) in [7, 11) is 0. The second kappa shape index (κ2) is 13.2. The van der Waals surface area contributed by atoms with E-state index in [0.717, 1.165) is 36.3 Å². The third kappa shape index (κ3) is 7.31. The summed E-state index contributed by atoms with van der Waals surface area (Å²) in [5.41, 5.74) is 3.87. The number of rotatable bonds is 10. The van der Waals surface area contributed by atoms with Crippen molar-refractivity contribution in [3.8, 4) is 29.7 Å². The van der Waals surface area contributed by atoms with E-state index in [4.69, 9.17) is 10.5 Å². The molecule has 3 N–H and O–H groups in total. The smallest absolute Gasteiger partial charge is 0.293 e. The Morgan fingerprint density at radius 2 is 1.74 bits per heavy atom. The van der Waals surface area contributed by atoms with Gasteiger partial charge in [-0.1, -0.05) is 36.1 Å². The van der Waals surface area contributed by atoms with Gasteiger partial charge in [-0.3, -0.25) is 9.69 Å². The maximum atomic E-state index is 11.8. The molecular weight excluding hydrogens is 476 g/mol. The first-order valence-corrected chi connectivity index (χ1v) is 12.7. The van der Waals surface area contributed by atoms with Crippen LogP contribution < -0.4 is 10.9 Å². The van der Waals surface area contributed by atoms with E-state index in [1.165, 1.54) is 11.9 Å². The minimum absolute atomic E-state index is 0.0509. The molecule has 0 amide bonds. The van der Waals surface area contributed by atoms with E-state index >= 15 is 0 Å². The fourth-order valence-electron chi connectivity index (χ4n) is 4.54. The molecule has 0 bridgehead atoms. The normalized spacial score (nSPS) is 13.9. The fourth-order valence-corrected chi connectivity index (χ4v) is 4.54. The summed E-state index contributed by atoms with van der Waals surface area (Å²) >= 11 is 0. The third-order valence-electron chi connectivity index (χ3n) is 6.65. The predicted octanol–water partition coefficient (Wildman–Crippen LogP) is 3.05. The molecule has 1 atom stereocenters. The van der Waals surface area contributed by atoms with Crippen molar-refractivity contribution in [2.75, 3.05) is 26.2 Å². The number of aromatic amines is 1. The van der Waals surface area contributed by atoms with E-state index in [0.29, 0.717) is 44.0 Å². The van der Waals surface area contributed by atoms with Crippen molar-refractivity contribution in [2.24, 2.45) is 5.92 Å². The van der Waals surface area contributed by atoms with Gasteiger partial charge in [-0.25, -0.2) is 4.98 Å². The Kier molecular flexibility index (Phi) is 9.27. The van der Waals surface area contributed by atoms with E-state index < -0.39 is 5.56 Å². The molecule has 1 saturated heterocycles. The molecule has 1 fully saturated rings. The topological polar surface area (TPSA) is 129 Å². The molecule has 2 heterocycles. The lowest BCUT2D eigenvalue weighted by molar-refractivity contribution is 0.0955. The van der Waals surface area contributed by atoms with E-state index in [1.54, 1.807) is 0 Å². The van der Waals surface area contributed by atoms with Gasteiger partial charge in [0, 0.05) is 69.0 Å². The van der Waals surface area contributed by atoms with Crippen molar-refractivity contribution in [1.29, 1.82) is 10.5 Å². The fraction of sp³-hybridized carbons (Fsp3) is 0.333. The van der Waals surface area contributed by atoms with Crippen LogP contribution in [0.3, 0.4) is 0 Å². The summed E-state index contributed by atoms with van der Waals surface area (Å²) in [6, 6.07) is 20.6. The van der Waals surface area contributed by atoms with Gasteiger partial charge < -0.3 is 15.4 Å². The second-order valence-electron chi connectivity index (χ2n) is 9.53. The molecule has 2 aromatic carbocycles. The van der Waals surface area contributed by atoms with E-state index in [-0.39, 0.29) is 11.7 Å². The van der Waals surface area contributed by atoms with Crippen LogP contribution in [-0.4, -0.2) is 46.2 Å². The number of nitrogens with one attached hydrogen (secondary N) is 2. The molecule has 1 aromatic heterocycles. The number of nitriles is 2.